The predicted octanol–water partition coefficient (Wildman–Crippen LogP) is -0.278. The largest absolute Gasteiger partial charge is 0.229 e. The smallest absolute Gasteiger partial charge is 0.213 e. The van der Waals surface area contributed by atoms with Crippen molar-refractivity contribution in [2.24, 2.45) is 0 Å². The summed E-state index contributed by atoms with van der Waals surface area (Å²) < 4.78 is 47.7. The van der Waals surface area contributed by atoms with E-state index in [2.05, 4.69) is 4.72 Å². The standard InChI is InChI=1S/C7H14ClNO4S2/c1-7(2-4-14(10,11)6-7)9-15(12,13)5-3-8/h9H,2-6H2,1H3. The Kier molecular flexibility index (Phi) is 3.70. The molecule has 0 amide bonds. The van der Waals surface area contributed by atoms with Crippen molar-refractivity contribution < 1.29 is 16.8 Å². The highest BCUT2D eigenvalue weighted by Crippen LogP contribution is 2.23. The second-order valence-corrected chi connectivity index (χ2v) is 8.42. The lowest BCUT2D eigenvalue weighted by molar-refractivity contribution is 0.462. The summed E-state index contributed by atoms with van der Waals surface area (Å²) in [7, 11) is -6.57. The molecule has 1 saturated heterocycles. The highest BCUT2D eigenvalue weighted by atomic mass is 35.5. The van der Waals surface area contributed by atoms with E-state index < -0.39 is 25.4 Å². The lowest BCUT2D eigenvalue weighted by Gasteiger charge is -2.23. The number of sulfone groups is 1. The van der Waals surface area contributed by atoms with E-state index in [1.807, 2.05) is 0 Å². The number of halogens is 1. The number of alkyl halides is 1. The van der Waals surface area contributed by atoms with Crippen LogP contribution in [0.15, 0.2) is 0 Å². The highest BCUT2D eigenvalue weighted by molar-refractivity contribution is 7.92. The van der Waals surface area contributed by atoms with Gasteiger partial charge in [0.1, 0.15) is 0 Å². The molecule has 0 aromatic carbocycles. The molecule has 8 heteroatoms. The molecule has 0 aromatic heterocycles. The van der Waals surface area contributed by atoms with E-state index in [-0.39, 0.29) is 23.1 Å². The molecule has 0 spiro atoms. The minimum Gasteiger partial charge on any atom is -0.229 e. The maximum atomic E-state index is 11.4. The van der Waals surface area contributed by atoms with Crippen LogP contribution in [0.4, 0.5) is 0 Å². The summed E-state index contributed by atoms with van der Waals surface area (Å²) in [6.07, 6.45) is 0.316. The Hall–Kier alpha value is 0.150. The van der Waals surface area contributed by atoms with Crippen LogP contribution in [-0.4, -0.2) is 45.5 Å². The molecule has 1 unspecified atom stereocenters. The van der Waals surface area contributed by atoms with Gasteiger partial charge in [-0.1, -0.05) is 0 Å². The molecule has 0 saturated carbocycles. The second-order valence-electron chi connectivity index (χ2n) is 4.01. The van der Waals surface area contributed by atoms with Crippen LogP contribution < -0.4 is 4.72 Å². The zero-order valence-corrected chi connectivity index (χ0v) is 10.8. The first kappa shape index (κ1) is 13.2. The molecule has 1 N–H and O–H groups in total. The minimum atomic E-state index is -3.47. The van der Waals surface area contributed by atoms with Crippen molar-refractivity contribution in [3.63, 3.8) is 0 Å². The maximum absolute atomic E-state index is 11.4. The van der Waals surface area contributed by atoms with Crippen LogP contribution in [0.5, 0.6) is 0 Å². The van der Waals surface area contributed by atoms with Gasteiger partial charge in [0.15, 0.2) is 9.84 Å². The molecule has 1 fully saturated rings. The second kappa shape index (κ2) is 4.20. The summed E-state index contributed by atoms with van der Waals surface area (Å²) in [5.74, 6) is -0.295. The zero-order valence-electron chi connectivity index (χ0n) is 8.36. The summed E-state index contributed by atoms with van der Waals surface area (Å²) in [5, 5.41) is 0. The summed E-state index contributed by atoms with van der Waals surface area (Å²) >= 11 is 5.34. The SMILES string of the molecule is CC1(NS(=O)(=O)CCCl)CCS(=O)(=O)C1. The Morgan fingerprint density at radius 2 is 2.07 bits per heavy atom. The van der Waals surface area contributed by atoms with Crippen LogP contribution in [0.25, 0.3) is 0 Å². The number of hydrogen-bond acceptors (Lipinski definition) is 4. The van der Waals surface area contributed by atoms with Gasteiger partial charge in [0, 0.05) is 11.4 Å². The average molecular weight is 276 g/mol. The Balaban J connectivity index is 2.75. The number of sulfonamides is 1. The van der Waals surface area contributed by atoms with Gasteiger partial charge in [-0.05, 0) is 13.3 Å². The molecule has 15 heavy (non-hydrogen) atoms. The van der Waals surface area contributed by atoms with Crippen LogP contribution in [0.1, 0.15) is 13.3 Å². The van der Waals surface area contributed by atoms with Gasteiger partial charge in [-0.25, -0.2) is 21.6 Å². The van der Waals surface area contributed by atoms with Gasteiger partial charge >= 0.3 is 0 Å². The van der Waals surface area contributed by atoms with Gasteiger partial charge in [-0.2, -0.15) is 0 Å². The van der Waals surface area contributed by atoms with E-state index in [9.17, 15) is 16.8 Å². The molecular formula is C7H14ClNO4S2. The normalized spacial score (nSPS) is 30.5. The molecule has 0 aromatic rings. The predicted molar refractivity (Wildman–Crippen MR) is 59.3 cm³/mol. The molecule has 5 nitrogen and oxygen atoms in total. The quantitative estimate of drug-likeness (QED) is 0.716. The number of hydrogen-bond donors (Lipinski definition) is 1. The molecule has 1 rings (SSSR count). The van der Waals surface area contributed by atoms with Crippen molar-refractivity contribution in [1.29, 1.82) is 0 Å². The van der Waals surface area contributed by atoms with E-state index in [0.29, 0.717) is 6.42 Å². The molecule has 1 aliphatic rings. The Labute approximate surface area is 95.2 Å². The molecule has 90 valence electrons. The molecule has 1 heterocycles. The topological polar surface area (TPSA) is 80.3 Å². The molecule has 1 atom stereocenters. The third-order valence-electron chi connectivity index (χ3n) is 2.25. The monoisotopic (exact) mass is 275 g/mol. The highest BCUT2D eigenvalue weighted by Gasteiger charge is 2.40. The summed E-state index contributed by atoms with van der Waals surface area (Å²) in [4.78, 5) is 0. The van der Waals surface area contributed by atoms with E-state index in [4.69, 9.17) is 11.6 Å². The minimum absolute atomic E-state index is 0.00182. The van der Waals surface area contributed by atoms with Gasteiger partial charge in [0.25, 0.3) is 0 Å². The zero-order chi connectivity index (χ0) is 11.7. The fourth-order valence-corrected chi connectivity index (χ4v) is 5.64. The fourth-order valence-electron chi connectivity index (χ4n) is 1.62. The van der Waals surface area contributed by atoms with Crippen molar-refractivity contribution in [3.05, 3.63) is 0 Å². The molecule has 1 aliphatic heterocycles. The van der Waals surface area contributed by atoms with Gasteiger partial charge in [0.2, 0.25) is 10.0 Å². The van der Waals surface area contributed by atoms with E-state index in [1.165, 1.54) is 0 Å². The first-order chi connectivity index (χ1) is 6.68. The van der Waals surface area contributed by atoms with Crippen molar-refractivity contribution in [2.45, 2.75) is 18.9 Å². The molecule has 0 bridgehead atoms. The number of rotatable bonds is 4. The summed E-state index contributed by atoms with van der Waals surface area (Å²) in [5.41, 5.74) is -0.871. The van der Waals surface area contributed by atoms with Gasteiger partial charge in [0.05, 0.1) is 17.3 Å². The van der Waals surface area contributed by atoms with Crippen LogP contribution >= 0.6 is 11.6 Å². The third-order valence-corrected chi connectivity index (χ3v) is 6.11. The third kappa shape index (κ3) is 3.90. The summed E-state index contributed by atoms with van der Waals surface area (Å²) in [6.45, 7) is 1.60. The molecule has 0 radical (unpaired) electrons. The summed E-state index contributed by atoms with van der Waals surface area (Å²) in [6, 6.07) is 0. The lowest BCUT2D eigenvalue weighted by atomic mass is 10.0. The van der Waals surface area contributed by atoms with Crippen LogP contribution in [-0.2, 0) is 19.9 Å². The van der Waals surface area contributed by atoms with Crippen LogP contribution in [0, 0.1) is 0 Å². The van der Waals surface area contributed by atoms with E-state index in [1.54, 1.807) is 6.92 Å². The molecule has 0 aliphatic carbocycles. The van der Waals surface area contributed by atoms with Crippen molar-refractivity contribution in [1.82, 2.24) is 4.72 Å². The van der Waals surface area contributed by atoms with Gasteiger partial charge in [-0.15, -0.1) is 11.6 Å². The van der Waals surface area contributed by atoms with E-state index >= 15 is 0 Å². The fraction of sp³-hybridized carbons (Fsp3) is 1.00. The first-order valence-electron chi connectivity index (χ1n) is 4.46. The Morgan fingerprint density at radius 3 is 2.47 bits per heavy atom. The Bertz CT molecular complexity index is 430. The van der Waals surface area contributed by atoms with Crippen LogP contribution in [0.3, 0.4) is 0 Å². The van der Waals surface area contributed by atoms with Crippen molar-refractivity contribution in [3.8, 4) is 0 Å². The van der Waals surface area contributed by atoms with Crippen LogP contribution in [0.2, 0.25) is 0 Å². The maximum Gasteiger partial charge on any atom is 0.213 e. The van der Waals surface area contributed by atoms with Crippen molar-refractivity contribution >= 4 is 31.5 Å². The number of nitrogens with one attached hydrogen (secondary N) is 1. The van der Waals surface area contributed by atoms with Crippen molar-refractivity contribution in [2.75, 3.05) is 23.1 Å². The van der Waals surface area contributed by atoms with Gasteiger partial charge in [-0.3, -0.25) is 0 Å². The average Bonchev–Trinajstić information content (AvgIpc) is 2.23. The Morgan fingerprint density at radius 1 is 1.47 bits per heavy atom. The lowest BCUT2D eigenvalue weighted by Crippen LogP contribution is -2.47. The first-order valence-corrected chi connectivity index (χ1v) is 8.47. The van der Waals surface area contributed by atoms with E-state index in [0.717, 1.165) is 0 Å². The van der Waals surface area contributed by atoms with Gasteiger partial charge < -0.3 is 0 Å². The molecular weight excluding hydrogens is 262 g/mol.